The highest BCUT2D eigenvalue weighted by Crippen LogP contribution is 2.25. The summed E-state index contributed by atoms with van der Waals surface area (Å²) < 4.78 is 6.48. The Balaban J connectivity index is 1.96. The molecule has 8 heteroatoms. The molecule has 0 saturated heterocycles. The number of amides is 1. The number of para-hydroxylation sites is 1. The number of thioether (sulfide) groups is 1. The Hall–Kier alpha value is -2.77. The fourth-order valence-electron chi connectivity index (χ4n) is 3.03. The maximum atomic E-state index is 12.8. The fraction of sp³-hybridized carbons (Fsp3) is 0.227. The predicted octanol–water partition coefficient (Wildman–Crippen LogP) is 4.05. The zero-order valence-electron chi connectivity index (χ0n) is 16.6. The van der Waals surface area contributed by atoms with Gasteiger partial charge in [0.1, 0.15) is 6.61 Å². The number of fused-ring (bicyclic) bond motifs is 1. The second-order valence-corrected chi connectivity index (χ2v) is 8.04. The molecule has 0 radical (unpaired) electrons. The first-order chi connectivity index (χ1) is 14.4. The molecule has 0 aliphatic carbocycles. The van der Waals surface area contributed by atoms with Crippen molar-refractivity contribution in [1.82, 2.24) is 4.68 Å². The van der Waals surface area contributed by atoms with Crippen LogP contribution in [0.1, 0.15) is 28.8 Å². The number of ether oxygens (including phenoxy) is 1. The molecule has 1 amide bonds. The summed E-state index contributed by atoms with van der Waals surface area (Å²) in [7, 11) is 0. The predicted molar refractivity (Wildman–Crippen MR) is 121 cm³/mol. The number of aromatic nitrogens is 1. The van der Waals surface area contributed by atoms with Gasteiger partial charge >= 0.3 is 5.97 Å². The number of benzene rings is 2. The van der Waals surface area contributed by atoms with Gasteiger partial charge < -0.3 is 4.74 Å². The number of pyridine rings is 1. The van der Waals surface area contributed by atoms with Gasteiger partial charge in [-0.1, -0.05) is 29.8 Å². The molecule has 3 aromatic rings. The van der Waals surface area contributed by atoms with Crippen LogP contribution >= 0.6 is 23.4 Å². The molecule has 0 bridgehead atoms. The minimum absolute atomic E-state index is 0.316. The normalized spacial score (nSPS) is 11.8. The molecule has 1 aromatic heterocycles. The quantitative estimate of drug-likeness (QED) is 0.439. The lowest BCUT2D eigenvalue weighted by Crippen LogP contribution is -2.34. The Kier molecular flexibility index (Phi) is 7.18. The monoisotopic (exact) mass is 444 g/mol. The molecule has 6 nitrogen and oxygen atoms in total. The van der Waals surface area contributed by atoms with Crippen molar-refractivity contribution in [2.45, 2.75) is 12.8 Å². The molecule has 0 saturated carbocycles. The average Bonchev–Trinajstić information content (AvgIpc) is 2.75. The van der Waals surface area contributed by atoms with Crippen molar-refractivity contribution in [2.24, 2.45) is 0 Å². The van der Waals surface area contributed by atoms with E-state index in [-0.39, 0.29) is 0 Å². The molecule has 1 heterocycles. The summed E-state index contributed by atoms with van der Waals surface area (Å²) >= 11 is 7.45. The Labute approximate surface area is 183 Å². The molecular weight excluding hydrogens is 424 g/mol. The summed E-state index contributed by atoms with van der Waals surface area (Å²) in [6.07, 6.45) is 1.93. The molecule has 0 fully saturated rings. The highest BCUT2D eigenvalue weighted by Gasteiger charge is 2.22. The third-order valence-corrected chi connectivity index (χ3v) is 5.45. The van der Waals surface area contributed by atoms with E-state index in [1.54, 1.807) is 61.2 Å². The Morgan fingerprint density at radius 1 is 1.17 bits per heavy atom. The number of hydrogen-bond donors (Lipinski definition) is 1. The van der Waals surface area contributed by atoms with Crippen LogP contribution in [-0.2, 0) is 9.53 Å². The number of nitrogens with one attached hydrogen (secondary N) is 1. The van der Waals surface area contributed by atoms with E-state index in [2.05, 4.69) is 5.43 Å². The van der Waals surface area contributed by atoms with Gasteiger partial charge in [-0.25, -0.2) is 4.68 Å². The van der Waals surface area contributed by atoms with Crippen LogP contribution in [0, 0.1) is 0 Å². The molecule has 0 spiro atoms. The summed E-state index contributed by atoms with van der Waals surface area (Å²) in [6.45, 7) is 2.02. The van der Waals surface area contributed by atoms with Crippen LogP contribution in [0.3, 0.4) is 0 Å². The second-order valence-electron chi connectivity index (χ2n) is 6.62. The average molecular weight is 445 g/mol. The first-order valence-corrected chi connectivity index (χ1v) is 11.1. The molecular formula is C22H21ClN2O4S. The van der Waals surface area contributed by atoms with Crippen molar-refractivity contribution >= 4 is 46.1 Å². The number of carbonyl (C=O) groups excluding carboxylic acids is 2. The summed E-state index contributed by atoms with van der Waals surface area (Å²) in [4.78, 5) is 37.9. The van der Waals surface area contributed by atoms with Gasteiger partial charge in [0.2, 0.25) is 0 Å². The zero-order chi connectivity index (χ0) is 21.7. The maximum Gasteiger partial charge on any atom is 0.313 e. The summed E-state index contributed by atoms with van der Waals surface area (Å²) in [5.41, 5.74) is 3.59. The molecule has 1 unspecified atom stereocenters. The SMILES string of the molecule is CSCCOC(=O)C(C)c1cc(=O)n(NC(=O)c2ccc(Cl)cc2)c2ccccc12. The zero-order valence-corrected chi connectivity index (χ0v) is 18.1. The van der Waals surface area contributed by atoms with Gasteiger partial charge in [-0.3, -0.25) is 19.8 Å². The first kappa shape index (κ1) is 21.9. The number of halogens is 1. The molecule has 3 rings (SSSR count). The van der Waals surface area contributed by atoms with E-state index in [1.165, 1.54) is 10.7 Å². The van der Waals surface area contributed by atoms with Crippen molar-refractivity contribution in [1.29, 1.82) is 0 Å². The third-order valence-electron chi connectivity index (χ3n) is 4.63. The highest BCUT2D eigenvalue weighted by atomic mass is 35.5. The van der Waals surface area contributed by atoms with Gasteiger partial charge in [0.15, 0.2) is 0 Å². The summed E-state index contributed by atoms with van der Waals surface area (Å²) in [5.74, 6) is -0.754. The molecule has 1 N–H and O–H groups in total. The van der Waals surface area contributed by atoms with Crippen LogP contribution in [0.15, 0.2) is 59.4 Å². The van der Waals surface area contributed by atoms with Crippen LogP contribution in [0.2, 0.25) is 5.02 Å². The molecule has 1 atom stereocenters. The standard InChI is InChI=1S/C22H21ClN2O4S/c1-14(22(28)29-11-12-30-2)18-13-20(26)25(19-6-4-3-5-17(18)19)24-21(27)15-7-9-16(23)10-8-15/h3-10,13-14H,11-12H2,1-2H3,(H,24,27). The summed E-state index contributed by atoms with van der Waals surface area (Å²) in [6, 6.07) is 14.8. The van der Waals surface area contributed by atoms with Gasteiger partial charge in [-0.05, 0) is 49.1 Å². The lowest BCUT2D eigenvalue weighted by atomic mass is 9.97. The van der Waals surface area contributed by atoms with E-state index in [9.17, 15) is 14.4 Å². The van der Waals surface area contributed by atoms with Gasteiger partial charge in [-0.2, -0.15) is 11.8 Å². The topological polar surface area (TPSA) is 77.4 Å². The number of nitrogens with zero attached hydrogens (tertiary/aromatic N) is 1. The van der Waals surface area contributed by atoms with E-state index >= 15 is 0 Å². The number of hydrogen-bond acceptors (Lipinski definition) is 5. The van der Waals surface area contributed by atoms with Crippen molar-refractivity contribution in [3.8, 4) is 0 Å². The minimum Gasteiger partial charge on any atom is -0.464 e. The van der Waals surface area contributed by atoms with E-state index in [1.807, 2.05) is 12.3 Å². The van der Waals surface area contributed by atoms with Crippen LogP contribution in [0.4, 0.5) is 0 Å². The minimum atomic E-state index is -0.619. The largest absolute Gasteiger partial charge is 0.464 e. The number of rotatable bonds is 7. The molecule has 30 heavy (non-hydrogen) atoms. The highest BCUT2D eigenvalue weighted by molar-refractivity contribution is 7.98. The van der Waals surface area contributed by atoms with E-state index in [4.69, 9.17) is 16.3 Å². The van der Waals surface area contributed by atoms with E-state index in [0.717, 1.165) is 0 Å². The van der Waals surface area contributed by atoms with Gasteiger partial charge in [0.25, 0.3) is 11.5 Å². The number of carbonyl (C=O) groups is 2. The Morgan fingerprint density at radius 3 is 2.57 bits per heavy atom. The Morgan fingerprint density at radius 2 is 1.87 bits per heavy atom. The van der Waals surface area contributed by atoms with Crippen molar-refractivity contribution in [3.05, 3.63) is 81.1 Å². The maximum absolute atomic E-state index is 12.8. The third kappa shape index (κ3) is 4.86. The molecule has 156 valence electrons. The van der Waals surface area contributed by atoms with Gasteiger partial charge in [-0.15, -0.1) is 0 Å². The fourth-order valence-corrected chi connectivity index (χ4v) is 3.40. The van der Waals surface area contributed by atoms with Gasteiger partial charge in [0.05, 0.1) is 11.4 Å². The summed E-state index contributed by atoms with van der Waals surface area (Å²) in [5, 5.41) is 1.19. The Bertz CT molecular complexity index is 1130. The van der Waals surface area contributed by atoms with Crippen molar-refractivity contribution in [2.75, 3.05) is 24.0 Å². The van der Waals surface area contributed by atoms with Crippen molar-refractivity contribution < 1.29 is 14.3 Å². The number of esters is 1. The van der Waals surface area contributed by atoms with Crippen LogP contribution in [0.25, 0.3) is 10.9 Å². The molecule has 0 aliphatic rings. The van der Waals surface area contributed by atoms with Crippen molar-refractivity contribution in [3.63, 3.8) is 0 Å². The van der Waals surface area contributed by atoms with Crippen LogP contribution < -0.4 is 11.0 Å². The van der Waals surface area contributed by atoms with E-state index < -0.39 is 23.4 Å². The molecule has 2 aromatic carbocycles. The molecule has 0 aliphatic heterocycles. The lowest BCUT2D eigenvalue weighted by Gasteiger charge is -2.17. The van der Waals surface area contributed by atoms with Crippen LogP contribution in [0.5, 0.6) is 0 Å². The smallest absolute Gasteiger partial charge is 0.313 e. The van der Waals surface area contributed by atoms with E-state index in [0.29, 0.717) is 39.4 Å². The van der Waals surface area contributed by atoms with Crippen LogP contribution in [-0.4, -0.2) is 35.2 Å². The van der Waals surface area contributed by atoms with Gasteiger partial charge in [0, 0.05) is 27.8 Å². The second kappa shape index (κ2) is 9.82. The lowest BCUT2D eigenvalue weighted by molar-refractivity contribution is -0.144. The first-order valence-electron chi connectivity index (χ1n) is 9.29.